The van der Waals surface area contributed by atoms with Crippen LogP contribution in [0.1, 0.15) is 92.4 Å². The summed E-state index contributed by atoms with van der Waals surface area (Å²) in [5, 5.41) is 11.8. The van der Waals surface area contributed by atoms with Crippen LogP contribution in [0.2, 0.25) is 0 Å². The first-order valence-electron chi connectivity index (χ1n) is 11.3. The molecule has 1 aliphatic heterocycles. The van der Waals surface area contributed by atoms with Gasteiger partial charge in [0, 0.05) is 6.42 Å². The number of piperidine rings is 1. The average Bonchev–Trinajstić information content (AvgIpc) is 2.99. The molecule has 1 saturated heterocycles. The minimum Gasteiger partial charge on any atom is -0.390 e. The van der Waals surface area contributed by atoms with Crippen LogP contribution in [-0.4, -0.2) is 33.8 Å². The van der Waals surface area contributed by atoms with E-state index in [1.165, 1.54) is 38.5 Å². The van der Waals surface area contributed by atoms with Crippen LogP contribution in [0.15, 0.2) is 0 Å². The quantitative estimate of drug-likeness (QED) is 0.775. The number of amides is 1. The molecular weight excluding hydrogens is 338 g/mol. The first-order valence-corrected chi connectivity index (χ1v) is 11.3. The van der Waals surface area contributed by atoms with Crippen LogP contribution in [0.5, 0.6) is 0 Å². The summed E-state index contributed by atoms with van der Waals surface area (Å²) in [4.78, 5) is 19.0. The van der Waals surface area contributed by atoms with Crippen molar-refractivity contribution >= 4 is 5.91 Å². The van der Waals surface area contributed by atoms with Crippen LogP contribution in [-0.2, 0) is 9.63 Å². The van der Waals surface area contributed by atoms with Crippen molar-refractivity contribution in [3.63, 3.8) is 0 Å². The molecule has 0 aromatic carbocycles. The molecule has 1 amide bonds. The molecule has 1 N–H and O–H groups in total. The van der Waals surface area contributed by atoms with E-state index in [9.17, 15) is 9.90 Å². The second-order valence-corrected chi connectivity index (χ2v) is 11.2. The second-order valence-electron chi connectivity index (χ2n) is 11.2. The second kappa shape index (κ2) is 6.45. The summed E-state index contributed by atoms with van der Waals surface area (Å²) in [5.41, 5.74) is -0.0315. The summed E-state index contributed by atoms with van der Waals surface area (Å²) in [6, 6.07) is 0.156. The van der Waals surface area contributed by atoms with Gasteiger partial charge in [-0.05, 0) is 94.3 Å². The average molecular weight is 378 g/mol. The molecule has 7 atom stereocenters. The van der Waals surface area contributed by atoms with E-state index >= 15 is 0 Å². The number of hydrogen-bond donors (Lipinski definition) is 1. The van der Waals surface area contributed by atoms with Crippen LogP contribution in [0, 0.1) is 28.6 Å². The summed E-state index contributed by atoms with van der Waals surface area (Å²) in [6.07, 6.45) is 10.1. The van der Waals surface area contributed by atoms with E-state index < -0.39 is 11.7 Å². The maximum Gasteiger partial charge on any atom is 0.246 e. The smallest absolute Gasteiger partial charge is 0.246 e. The molecule has 0 aromatic rings. The Balaban J connectivity index is 1.60. The lowest BCUT2D eigenvalue weighted by Gasteiger charge is -2.61. The van der Waals surface area contributed by atoms with E-state index in [0.717, 1.165) is 24.7 Å². The Hall–Kier alpha value is -0.610. The van der Waals surface area contributed by atoms with E-state index in [-0.39, 0.29) is 17.4 Å². The van der Waals surface area contributed by atoms with Crippen LogP contribution < -0.4 is 0 Å². The number of rotatable bonds is 3. The van der Waals surface area contributed by atoms with E-state index in [1.54, 1.807) is 12.0 Å². The number of nitrogens with zero attached hydrogens (tertiary/aromatic N) is 1. The van der Waals surface area contributed by atoms with Crippen LogP contribution >= 0.6 is 0 Å². The SMILES string of the molecule is CC(O)C(C)(C)ON1C(=O)CC[C@@]2(C)C1CC[C@@H]1[C@H]2CC[C@]2(C)CCC[C@@H]12. The van der Waals surface area contributed by atoms with Crippen LogP contribution in [0.4, 0.5) is 0 Å². The Morgan fingerprint density at radius 1 is 1.11 bits per heavy atom. The van der Waals surface area contributed by atoms with Crippen molar-refractivity contribution in [2.75, 3.05) is 0 Å². The number of aliphatic hydroxyl groups excluding tert-OH is 1. The zero-order chi connectivity index (χ0) is 19.6. The van der Waals surface area contributed by atoms with Crippen molar-refractivity contribution in [3.05, 3.63) is 0 Å². The number of carbonyl (C=O) groups excluding carboxylic acids is 1. The normalized spacial score (nSPS) is 45.9. The number of hydroxylamine groups is 2. The zero-order valence-electron chi connectivity index (χ0n) is 18.0. The van der Waals surface area contributed by atoms with Gasteiger partial charge in [0.05, 0.1) is 12.1 Å². The van der Waals surface area contributed by atoms with Gasteiger partial charge in [0.2, 0.25) is 5.91 Å². The van der Waals surface area contributed by atoms with E-state index in [4.69, 9.17) is 4.84 Å². The maximum atomic E-state index is 12.8. The molecule has 4 fully saturated rings. The predicted molar refractivity (Wildman–Crippen MR) is 106 cm³/mol. The summed E-state index contributed by atoms with van der Waals surface area (Å²) >= 11 is 0. The largest absolute Gasteiger partial charge is 0.390 e. The van der Waals surface area contributed by atoms with E-state index in [0.29, 0.717) is 17.8 Å². The monoisotopic (exact) mass is 377 g/mol. The molecule has 3 saturated carbocycles. The summed E-state index contributed by atoms with van der Waals surface area (Å²) in [7, 11) is 0. The Morgan fingerprint density at radius 3 is 2.56 bits per heavy atom. The molecule has 4 nitrogen and oxygen atoms in total. The van der Waals surface area contributed by atoms with E-state index in [2.05, 4.69) is 13.8 Å². The third kappa shape index (κ3) is 2.97. The molecule has 3 aliphatic carbocycles. The van der Waals surface area contributed by atoms with Crippen LogP contribution in [0.3, 0.4) is 0 Å². The van der Waals surface area contributed by atoms with Gasteiger partial charge in [-0.1, -0.05) is 20.3 Å². The van der Waals surface area contributed by atoms with Gasteiger partial charge in [-0.2, -0.15) is 0 Å². The van der Waals surface area contributed by atoms with Gasteiger partial charge in [-0.15, -0.1) is 0 Å². The lowest BCUT2D eigenvalue weighted by molar-refractivity contribution is -0.298. The van der Waals surface area contributed by atoms with Gasteiger partial charge in [0.25, 0.3) is 0 Å². The Labute approximate surface area is 165 Å². The number of carbonyl (C=O) groups is 1. The Bertz CT molecular complexity index is 602. The van der Waals surface area contributed by atoms with Gasteiger partial charge >= 0.3 is 0 Å². The van der Waals surface area contributed by atoms with Gasteiger partial charge < -0.3 is 5.11 Å². The lowest BCUT2D eigenvalue weighted by Crippen LogP contribution is -2.63. The standard InChI is InChI=1S/C23H39NO3/c1-15(25)21(2,3)27-24-19-9-8-16-17-7-6-12-22(17,4)13-10-18(16)23(19,5)14-11-20(24)26/h15-19,25H,6-14H2,1-5H3/t15?,16-,17-,18+,19?,22-,23+/m0/s1. The molecule has 0 spiro atoms. The van der Waals surface area contributed by atoms with Crippen molar-refractivity contribution < 1.29 is 14.7 Å². The van der Waals surface area contributed by atoms with Gasteiger partial charge in [-0.3, -0.25) is 9.63 Å². The maximum absolute atomic E-state index is 12.8. The lowest BCUT2D eigenvalue weighted by atomic mass is 9.48. The van der Waals surface area contributed by atoms with Crippen LogP contribution in [0.25, 0.3) is 0 Å². The molecule has 2 unspecified atom stereocenters. The molecule has 154 valence electrons. The minimum absolute atomic E-state index is 0.103. The summed E-state index contributed by atoms with van der Waals surface area (Å²) < 4.78 is 0. The first-order chi connectivity index (χ1) is 12.6. The number of fused-ring (bicyclic) bond motifs is 5. The molecule has 4 aliphatic rings. The molecular formula is C23H39NO3. The third-order valence-corrected chi connectivity index (χ3v) is 9.35. The van der Waals surface area contributed by atoms with E-state index in [1.807, 2.05) is 13.8 Å². The highest BCUT2D eigenvalue weighted by atomic mass is 16.7. The Morgan fingerprint density at radius 2 is 1.85 bits per heavy atom. The van der Waals surface area contributed by atoms with Gasteiger partial charge in [0.1, 0.15) is 5.60 Å². The van der Waals surface area contributed by atoms with Crippen molar-refractivity contribution in [2.45, 2.75) is 110 Å². The summed E-state index contributed by atoms with van der Waals surface area (Å²) in [5.74, 6) is 2.52. The van der Waals surface area contributed by atoms with Crippen molar-refractivity contribution in [1.29, 1.82) is 0 Å². The van der Waals surface area contributed by atoms with Crippen molar-refractivity contribution in [1.82, 2.24) is 5.06 Å². The first kappa shape index (κ1) is 19.7. The number of hydrogen-bond acceptors (Lipinski definition) is 3. The topological polar surface area (TPSA) is 49.8 Å². The number of aliphatic hydroxyl groups is 1. The van der Waals surface area contributed by atoms with Gasteiger partial charge in [-0.25, -0.2) is 5.06 Å². The van der Waals surface area contributed by atoms with Gasteiger partial charge in [0.15, 0.2) is 0 Å². The molecule has 0 radical (unpaired) electrons. The molecule has 27 heavy (non-hydrogen) atoms. The Kier molecular flexibility index (Phi) is 4.71. The fraction of sp³-hybridized carbons (Fsp3) is 0.957. The fourth-order valence-corrected chi connectivity index (χ4v) is 7.27. The predicted octanol–water partition coefficient (Wildman–Crippen LogP) is 4.70. The highest BCUT2D eigenvalue weighted by Crippen LogP contribution is 2.64. The minimum atomic E-state index is -0.749. The molecule has 0 aromatic heterocycles. The third-order valence-electron chi connectivity index (χ3n) is 9.35. The van der Waals surface area contributed by atoms with Crippen molar-refractivity contribution in [2.24, 2.45) is 28.6 Å². The highest BCUT2D eigenvalue weighted by molar-refractivity contribution is 5.76. The summed E-state index contributed by atoms with van der Waals surface area (Å²) in [6.45, 7) is 10.5. The molecule has 4 rings (SSSR count). The zero-order valence-corrected chi connectivity index (χ0v) is 18.0. The van der Waals surface area contributed by atoms with Crippen molar-refractivity contribution in [3.8, 4) is 0 Å². The molecule has 0 bridgehead atoms. The molecule has 4 heteroatoms. The highest BCUT2D eigenvalue weighted by Gasteiger charge is 2.60. The fourth-order valence-electron chi connectivity index (χ4n) is 7.27. The molecule has 1 heterocycles.